The second-order valence-corrected chi connectivity index (χ2v) is 6.68. The average molecular weight is 403 g/mol. The number of piperazine rings is 1. The molecule has 10 heteroatoms. The van der Waals surface area contributed by atoms with Crippen molar-refractivity contribution in [2.24, 2.45) is 0 Å². The van der Waals surface area contributed by atoms with Crippen molar-refractivity contribution in [3.05, 3.63) is 34.2 Å². The molecule has 6 nitrogen and oxygen atoms in total. The average Bonchev–Trinajstić information content (AvgIpc) is 3.46. The minimum Gasteiger partial charge on any atom is -0.353 e. The van der Waals surface area contributed by atoms with Crippen molar-refractivity contribution in [3.8, 4) is 0 Å². The second-order valence-electron chi connectivity index (χ2n) is 6.33. The van der Waals surface area contributed by atoms with Crippen molar-refractivity contribution in [2.75, 3.05) is 26.8 Å². The topological polar surface area (TPSA) is 66.7 Å². The van der Waals surface area contributed by atoms with Crippen LogP contribution in [-0.2, 0) is 4.79 Å². The molecule has 2 aromatic heterocycles. The van der Waals surface area contributed by atoms with Gasteiger partial charge in [0, 0.05) is 19.3 Å². The van der Waals surface area contributed by atoms with Gasteiger partial charge in [0.2, 0.25) is 5.91 Å². The highest BCUT2D eigenvalue weighted by atomic mass is 35.5. The highest BCUT2D eigenvalue weighted by Gasteiger charge is 2.31. The molecule has 0 unspecified atom stereocenters. The van der Waals surface area contributed by atoms with Gasteiger partial charge in [0.1, 0.15) is 10.8 Å². The monoisotopic (exact) mass is 402 g/mol. The van der Waals surface area contributed by atoms with E-state index in [1.165, 1.54) is 15.4 Å². The molecular weight excluding hydrogens is 385 g/mol. The normalized spacial score (nSPS) is 17.0. The number of hydrogen-bond donors (Lipinski definition) is 1. The van der Waals surface area contributed by atoms with Crippen LogP contribution in [0.1, 0.15) is 46.8 Å². The van der Waals surface area contributed by atoms with E-state index in [0.29, 0.717) is 20.3 Å². The van der Waals surface area contributed by atoms with Gasteiger partial charge in [0.25, 0.3) is 12.3 Å². The van der Waals surface area contributed by atoms with Crippen molar-refractivity contribution in [2.45, 2.75) is 25.2 Å². The van der Waals surface area contributed by atoms with Crippen LogP contribution in [0.3, 0.4) is 0 Å². The van der Waals surface area contributed by atoms with Crippen LogP contribution in [0.4, 0.5) is 13.2 Å². The number of aromatic nitrogens is 2. The predicted molar refractivity (Wildman–Crippen MR) is 93.1 cm³/mol. The zero-order valence-corrected chi connectivity index (χ0v) is 15.3. The Balaban J connectivity index is 0.00000102. The summed E-state index contributed by atoms with van der Waals surface area (Å²) in [6.45, 7) is 0.561. The van der Waals surface area contributed by atoms with Crippen LogP contribution >= 0.6 is 11.6 Å². The second kappa shape index (κ2) is 7.75. The Hall–Kier alpha value is -2.29. The molecule has 0 aromatic carbocycles. The number of rotatable bonds is 3. The van der Waals surface area contributed by atoms with Crippen molar-refractivity contribution >= 4 is 29.1 Å². The van der Waals surface area contributed by atoms with Crippen molar-refractivity contribution in [1.82, 2.24) is 19.6 Å². The molecule has 1 N–H and O–H groups in total. The van der Waals surface area contributed by atoms with E-state index in [1.807, 2.05) is 0 Å². The van der Waals surface area contributed by atoms with Crippen LogP contribution in [0.2, 0.25) is 5.15 Å². The fraction of sp³-hybridized carbons (Fsp3) is 0.471. The lowest BCUT2D eigenvalue weighted by Crippen LogP contribution is -2.50. The maximum Gasteiger partial charge on any atom is 0.276 e. The molecule has 3 heterocycles. The molecule has 1 saturated heterocycles. The summed E-state index contributed by atoms with van der Waals surface area (Å²) in [6, 6.07) is 1.45. The van der Waals surface area contributed by atoms with Crippen molar-refractivity contribution in [1.29, 1.82) is 0 Å². The first-order valence-electron chi connectivity index (χ1n) is 8.39. The molecule has 4 rings (SSSR count). The zero-order chi connectivity index (χ0) is 19.7. The molecule has 0 radical (unpaired) electrons. The number of fused-ring (bicyclic) bond motifs is 1. The third-order valence-corrected chi connectivity index (χ3v) is 4.88. The van der Waals surface area contributed by atoms with E-state index in [0.717, 1.165) is 18.4 Å². The molecule has 2 aliphatic rings. The van der Waals surface area contributed by atoms with Gasteiger partial charge in [0.05, 0.1) is 19.3 Å². The number of nitrogens with one attached hydrogen (secondary N) is 1. The third-order valence-electron chi connectivity index (χ3n) is 4.52. The predicted octanol–water partition coefficient (Wildman–Crippen LogP) is 2.96. The van der Waals surface area contributed by atoms with Gasteiger partial charge in [-0.2, -0.15) is 0 Å². The van der Waals surface area contributed by atoms with Gasteiger partial charge in [-0.3, -0.25) is 18.4 Å². The number of halogens is 4. The van der Waals surface area contributed by atoms with E-state index in [2.05, 4.69) is 10.3 Å². The van der Waals surface area contributed by atoms with Crippen LogP contribution in [0.5, 0.6) is 0 Å². The maximum absolute atomic E-state index is 13.5. The molecule has 2 amide bonds. The molecule has 0 atom stereocenters. The number of carbonyl (C=O) groups is 2. The molecule has 2 aromatic rings. The summed E-state index contributed by atoms with van der Waals surface area (Å²) in [6.07, 6.45) is 0.863. The summed E-state index contributed by atoms with van der Waals surface area (Å²) in [5.74, 6) is -0.550. The first-order chi connectivity index (χ1) is 13.0. The molecular formula is C17H18ClF3N4O2. The smallest absolute Gasteiger partial charge is 0.276 e. The lowest BCUT2D eigenvalue weighted by molar-refractivity contribution is -0.123. The van der Waals surface area contributed by atoms with E-state index in [9.17, 15) is 22.8 Å². The van der Waals surface area contributed by atoms with E-state index >= 15 is 0 Å². The Kier molecular flexibility index (Phi) is 5.59. The van der Waals surface area contributed by atoms with Crippen molar-refractivity contribution < 1.29 is 22.8 Å². The molecule has 2 fully saturated rings. The fourth-order valence-corrected chi connectivity index (χ4v) is 3.32. The summed E-state index contributed by atoms with van der Waals surface area (Å²) in [7, 11) is 0.500. The first kappa shape index (κ1) is 19.5. The fourth-order valence-electron chi connectivity index (χ4n) is 3.06. The third kappa shape index (κ3) is 3.73. The Bertz CT molecular complexity index is 883. The van der Waals surface area contributed by atoms with Gasteiger partial charge in [-0.15, -0.1) is 0 Å². The number of alkyl halides is 3. The highest BCUT2D eigenvalue weighted by Crippen LogP contribution is 2.42. The molecule has 27 heavy (non-hydrogen) atoms. The van der Waals surface area contributed by atoms with E-state index in [4.69, 9.17) is 11.6 Å². The standard InChI is InChI=1S/C16H15ClF2N4O2.CH3F/c17-13-12(16(25)22-4-3-20-11(24)7-22)21-15-10(14(18)19)5-9(6-23(13)15)8-1-2-8;1-2/h5-6,8,14H,1-4,7H2,(H,20,24);1H3. The minimum absolute atomic E-state index is 0.00428. The Morgan fingerprint density at radius 3 is 2.67 bits per heavy atom. The molecule has 0 spiro atoms. The van der Waals surface area contributed by atoms with E-state index in [-0.39, 0.29) is 40.4 Å². The lowest BCUT2D eigenvalue weighted by Gasteiger charge is -2.25. The Morgan fingerprint density at radius 1 is 1.37 bits per heavy atom. The van der Waals surface area contributed by atoms with Crippen LogP contribution in [-0.4, -0.2) is 52.9 Å². The summed E-state index contributed by atoms with van der Waals surface area (Å²) < 4.78 is 37.8. The van der Waals surface area contributed by atoms with Gasteiger partial charge in [0.15, 0.2) is 5.69 Å². The first-order valence-corrected chi connectivity index (χ1v) is 8.77. The van der Waals surface area contributed by atoms with Crippen LogP contribution in [0, 0.1) is 0 Å². The molecule has 1 saturated carbocycles. The highest BCUT2D eigenvalue weighted by molar-refractivity contribution is 6.33. The summed E-state index contributed by atoms with van der Waals surface area (Å²) in [5, 5.41) is 2.62. The van der Waals surface area contributed by atoms with Crippen molar-refractivity contribution in [3.63, 3.8) is 0 Å². The Labute approximate surface area is 158 Å². The maximum atomic E-state index is 13.5. The van der Waals surface area contributed by atoms with Gasteiger partial charge in [-0.25, -0.2) is 13.8 Å². The molecule has 146 valence electrons. The van der Waals surface area contributed by atoms with Gasteiger partial charge < -0.3 is 10.2 Å². The summed E-state index contributed by atoms with van der Waals surface area (Å²) >= 11 is 6.29. The quantitative estimate of drug-likeness (QED) is 0.858. The largest absolute Gasteiger partial charge is 0.353 e. The lowest BCUT2D eigenvalue weighted by atomic mass is 10.1. The zero-order valence-electron chi connectivity index (χ0n) is 14.5. The SMILES string of the molecule is CF.O=C1CN(C(=O)c2nc3c(C(F)F)cc(C4CC4)cn3c2Cl)CCN1. The number of amides is 2. The summed E-state index contributed by atoms with van der Waals surface area (Å²) in [5.41, 5.74) is 0.417. The number of carbonyl (C=O) groups excluding carboxylic acids is 2. The van der Waals surface area contributed by atoms with Gasteiger partial charge in [-0.05, 0) is 30.4 Å². The minimum atomic E-state index is -2.72. The molecule has 1 aliphatic carbocycles. The molecule has 1 aliphatic heterocycles. The number of hydrogen-bond acceptors (Lipinski definition) is 3. The summed E-state index contributed by atoms with van der Waals surface area (Å²) in [4.78, 5) is 29.5. The van der Waals surface area contributed by atoms with Crippen LogP contribution in [0.15, 0.2) is 12.3 Å². The van der Waals surface area contributed by atoms with Crippen LogP contribution in [0.25, 0.3) is 5.65 Å². The Morgan fingerprint density at radius 2 is 2.07 bits per heavy atom. The van der Waals surface area contributed by atoms with E-state index in [1.54, 1.807) is 6.20 Å². The van der Waals surface area contributed by atoms with E-state index < -0.39 is 12.3 Å². The van der Waals surface area contributed by atoms with Gasteiger partial charge in [-0.1, -0.05) is 11.6 Å². The number of nitrogens with zero attached hydrogens (tertiary/aromatic N) is 3. The van der Waals surface area contributed by atoms with Crippen LogP contribution < -0.4 is 5.32 Å². The molecule has 0 bridgehead atoms. The number of pyridine rings is 1. The van der Waals surface area contributed by atoms with Gasteiger partial charge >= 0.3 is 0 Å². The number of imidazole rings is 1.